The second-order valence-corrected chi connectivity index (χ2v) is 7.67. The summed E-state index contributed by atoms with van der Waals surface area (Å²) >= 11 is 0. The van der Waals surface area contributed by atoms with Gasteiger partial charge in [-0.2, -0.15) is 0 Å². The summed E-state index contributed by atoms with van der Waals surface area (Å²) in [5.74, 6) is -0.105. The van der Waals surface area contributed by atoms with Crippen LogP contribution in [0.25, 0.3) is 11.3 Å². The lowest BCUT2D eigenvalue weighted by Gasteiger charge is -2.14. The van der Waals surface area contributed by atoms with Gasteiger partial charge >= 0.3 is 0 Å². The monoisotopic (exact) mass is 419 g/mol. The molecule has 31 heavy (non-hydrogen) atoms. The Bertz CT molecular complexity index is 1180. The predicted octanol–water partition coefficient (Wildman–Crippen LogP) is 3.84. The zero-order valence-corrected chi connectivity index (χ0v) is 17.5. The first-order valence-corrected chi connectivity index (χ1v) is 10.0. The van der Waals surface area contributed by atoms with Crippen molar-refractivity contribution in [3.8, 4) is 17.0 Å². The molecule has 0 saturated carbocycles. The lowest BCUT2D eigenvalue weighted by molar-refractivity contribution is 0.0932. The molecule has 6 nitrogen and oxygen atoms in total. The van der Waals surface area contributed by atoms with Crippen molar-refractivity contribution in [2.24, 2.45) is 0 Å². The molecule has 1 atom stereocenters. The number of rotatable bonds is 5. The molecular weight excluding hydrogens is 397 g/mol. The Kier molecular flexibility index (Phi) is 5.50. The molecule has 1 aliphatic rings. The Balaban J connectivity index is 1.49. The third-order valence-corrected chi connectivity index (χ3v) is 5.24. The molecule has 0 saturated heterocycles. The van der Waals surface area contributed by atoms with Crippen molar-refractivity contribution in [1.82, 2.24) is 15.3 Å². The van der Waals surface area contributed by atoms with E-state index < -0.39 is 0 Å². The number of hydrogen-bond acceptors (Lipinski definition) is 5. The van der Waals surface area contributed by atoms with Crippen molar-refractivity contribution in [3.05, 3.63) is 76.5 Å². The minimum atomic E-state index is -0.365. The van der Waals surface area contributed by atoms with Crippen molar-refractivity contribution < 1.29 is 18.7 Å². The smallest absolute Gasteiger partial charge is 0.251 e. The molecule has 1 N–H and O–H groups in total. The summed E-state index contributed by atoms with van der Waals surface area (Å²) in [7, 11) is 0. The number of halogens is 1. The number of fused-ring (bicyclic) bond motifs is 1. The third kappa shape index (κ3) is 4.30. The van der Waals surface area contributed by atoms with E-state index in [2.05, 4.69) is 15.3 Å². The third-order valence-electron chi connectivity index (χ3n) is 5.24. The second kappa shape index (κ2) is 8.26. The van der Waals surface area contributed by atoms with E-state index in [1.807, 2.05) is 13.8 Å². The van der Waals surface area contributed by atoms with Crippen LogP contribution in [0.15, 0.2) is 42.6 Å². The average Bonchev–Trinajstić information content (AvgIpc) is 3.16. The number of carbonyl (C=O) groups is 2. The van der Waals surface area contributed by atoms with Gasteiger partial charge in [0.2, 0.25) is 0 Å². The van der Waals surface area contributed by atoms with E-state index in [-0.39, 0.29) is 30.2 Å². The Morgan fingerprint density at radius 1 is 1.16 bits per heavy atom. The number of benzene rings is 2. The lowest BCUT2D eigenvalue weighted by Crippen LogP contribution is -2.34. The van der Waals surface area contributed by atoms with E-state index in [4.69, 9.17) is 4.74 Å². The van der Waals surface area contributed by atoms with Gasteiger partial charge in [-0.05, 0) is 45.0 Å². The molecule has 1 aromatic heterocycles. The predicted molar refractivity (Wildman–Crippen MR) is 114 cm³/mol. The van der Waals surface area contributed by atoms with Crippen LogP contribution in [-0.4, -0.2) is 34.3 Å². The fourth-order valence-corrected chi connectivity index (χ4v) is 3.64. The Morgan fingerprint density at radius 3 is 2.58 bits per heavy atom. The van der Waals surface area contributed by atoms with Gasteiger partial charge < -0.3 is 10.1 Å². The first kappa shape index (κ1) is 20.7. The minimum Gasteiger partial charge on any atom is -0.487 e. The normalized spacial score (nSPS) is 14.6. The molecule has 4 rings (SSSR count). The fourth-order valence-electron chi connectivity index (χ4n) is 3.64. The van der Waals surface area contributed by atoms with Crippen LogP contribution in [0.1, 0.15) is 44.6 Å². The summed E-state index contributed by atoms with van der Waals surface area (Å²) in [5, 5.41) is 2.85. The van der Waals surface area contributed by atoms with Crippen LogP contribution >= 0.6 is 0 Å². The highest BCUT2D eigenvalue weighted by Crippen LogP contribution is 2.39. The minimum absolute atomic E-state index is 0.0550. The topological polar surface area (TPSA) is 81.2 Å². The van der Waals surface area contributed by atoms with E-state index in [1.165, 1.54) is 19.1 Å². The molecule has 0 radical (unpaired) electrons. The van der Waals surface area contributed by atoms with Crippen LogP contribution in [0.3, 0.4) is 0 Å². The van der Waals surface area contributed by atoms with Crippen LogP contribution in [0.4, 0.5) is 4.39 Å². The molecule has 1 amide bonds. The molecule has 3 aromatic rings. The summed E-state index contributed by atoms with van der Waals surface area (Å²) in [4.78, 5) is 32.7. The highest BCUT2D eigenvalue weighted by atomic mass is 19.1. The molecule has 2 aromatic carbocycles. The molecule has 0 fully saturated rings. The molecular formula is C24H22FN3O3. The maximum Gasteiger partial charge on any atom is 0.251 e. The van der Waals surface area contributed by atoms with Crippen molar-refractivity contribution in [3.63, 3.8) is 0 Å². The molecule has 1 aliphatic heterocycles. The van der Waals surface area contributed by atoms with Crippen molar-refractivity contribution in [1.29, 1.82) is 0 Å². The SMILES string of the molecule is CC(=O)c1ccc(C(=O)NC[C@@H]2Cc3cc(F)cc(-c4nc(C)cnc4C)c3O2)cc1. The van der Waals surface area contributed by atoms with Crippen molar-refractivity contribution >= 4 is 11.7 Å². The Labute approximate surface area is 179 Å². The number of aromatic nitrogens is 2. The van der Waals surface area contributed by atoms with E-state index in [9.17, 15) is 14.0 Å². The van der Waals surface area contributed by atoms with Gasteiger partial charge in [-0.1, -0.05) is 12.1 Å². The van der Waals surface area contributed by atoms with E-state index >= 15 is 0 Å². The molecule has 0 bridgehead atoms. The molecule has 0 spiro atoms. The number of aryl methyl sites for hydroxylation is 2. The van der Waals surface area contributed by atoms with Crippen LogP contribution in [-0.2, 0) is 6.42 Å². The second-order valence-electron chi connectivity index (χ2n) is 7.67. The largest absolute Gasteiger partial charge is 0.487 e. The van der Waals surface area contributed by atoms with Crippen molar-refractivity contribution in [2.75, 3.05) is 6.54 Å². The summed E-state index contributed by atoms with van der Waals surface area (Å²) in [6.45, 7) is 5.40. The molecule has 158 valence electrons. The number of nitrogens with zero attached hydrogens (tertiary/aromatic N) is 2. The first-order valence-electron chi connectivity index (χ1n) is 10.0. The number of nitrogens with one attached hydrogen (secondary N) is 1. The lowest BCUT2D eigenvalue weighted by atomic mass is 10.0. The van der Waals surface area contributed by atoms with Gasteiger partial charge in [-0.3, -0.25) is 14.6 Å². The van der Waals surface area contributed by atoms with Gasteiger partial charge in [-0.25, -0.2) is 9.37 Å². The zero-order valence-electron chi connectivity index (χ0n) is 17.5. The van der Waals surface area contributed by atoms with Crippen LogP contribution in [0.5, 0.6) is 5.75 Å². The molecule has 7 heteroatoms. The highest BCUT2D eigenvalue weighted by Gasteiger charge is 2.28. The molecule has 2 heterocycles. The van der Waals surface area contributed by atoms with Gasteiger partial charge in [0.1, 0.15) is 17.7 Å². The number of Topliss-reactive ketones (excluding diaryl/α,β-unsaturated/α-hetero) is 1. The summed E-state index contributed by atoms with van der Waals surface area (Å²) < 4.78 is 20.4. The maximum atomic E-state index is 14.3. The van der Waals surface area contributed by atoms with Crippen LogP contribution < -0.4 is 10.1 Å². The standard InChI is InChI=1S/C24H22FN3O3/c1-13-11-26-14(2)22(28-13)21-10-19(25)8-18-9-20(31-23(18)21)12-27-24(30)17-6-4-16(5-7-17)15(3)29/h4-8,10-11,20H,9,12H2,1-3H3,(H,27,30)/t20-/m0/s1. The van der Waals surface area contributed by atoms with Gasteiger partial charge in [0.05, 0.1) is 23.6 Å². The van der Waals surface area contributed by atoms with E-state index in [0.717, 1.165) is 11.3 Å². The summed E-state index contributed by atoms with van der Waals surface area (Å²) in [6, 6.07) is 9.34. The number of hydrogen-bond donors (Lipinski definition) is 1. The van der Waals surface area contributed by atoms with Crippen molar-refractivity contribution in [2.45, 2.75) is 33.3 Å². The Morgan fingerprint density at radius 2 is 1.87 bits per heavy atom. The van der Waals surface area contributed by atoms with Crippen LogP contribution in [0, 0.1) is 19.7 Å². The summed E-state index contributed by atoms with van der Waals surface area (Å²) in [6.07, 6.45) is 1.82. The highest BCUT2D eigenvalue weighted by molar-refractivity contribution is 5.97. The number of amides is 1. The summed E-state index contributed by atoms with van der Waals surface area (Å²) in [5.41, 5.74) is 4.32. The Hall–Kier alpha value is -3.61. The van der Waals surface area contributed by atoms with Gasteiger partial charge in [-0.15, -0.1) is 0 Å². The first-order chi connectivity index (χ1) is 14.8. The quantitative estimate of drug-likeness (QED) is 0.636. The number of ketones is 1. The van der Waals surface area contributed by atoms with Gasteiger partial charge in [0.15, 0.2) is 5.78 Å². The number of ether oxygens (including phenoxy) is 1. The van der Waals surface area contributed by atoms with E-state index in [1.54, 1.807) is 30.5 Å². The average molecular weight is 419 g/mol. The van der Waals surface area contributed by atoms with E-state index in [0.29, 0.717) is 40.2 Å². The molecule has 0 unspecified atom stereocenters. The maximum absolute atomic E-state index is 14.3. The number of carbonyl (C=O) groups excluding carboxylic acids is 2. The van der Waals surface area contributed by atoms with Gasteiger partial charge in [0, 0.05) is 34.9 Å². The fraction of sp³-hybridized carbons (Fsp3) is 0.250. The van der Waals surface area contributed by atoms with Gasteiger partial charge in [0.25, 0.3) is 5.91 Å². The van der Waals surface area contributed by atoms with Crippen LogP contribution in [0.2, 0.25) is 0 Å². The zero-order chi connectivity index (χ0) is 22.1. The molecule has 0 aliphatic carbocycles.